The zero-order valence-electron chi connectivity index (χ0n) is 7.95. The third-order valence-corrected chi connectivity index (χ3v) is 3.37. The van der Waals surface area contributed by atoms with Crippen molar-refractivity contribution in [2.45, 2.75) is 45.0 Å². The van der Waals surface area contributed by atoms with E-state index in [0.29, 0.717) is 6.10 Å². The molecule has 0 aliphatic heterocycles. The second-order valence-corrected chi connectivity index (χ2v) is 4.15. The first-order valence-corrected chi connectivity index (χ1v) is 4.98. The fourth-order valence-corrected chi connectivity index (χ4v) is 2.65. The Morgan fingerprint density at radius 1 is 1.25 bits per heavy atom. The van der Waals surface area contributed by atoms with Crippen molar-refractivity contribution in [2.75, 3.05) is 7.11 Å². The van der Waals surface area contributed by atoms with Gasteiger partial charge in [-0.1, -0.05) is 0 Å². The lowest BCUT2D eigenvalue weighted by atomic mass is 9.98. The number of methoxy groups -OCH3 is 1. The molecule has 0 heterocycles. The van der Waals surface area contributed by atoms with Crippen molar-refractivity contribution in [3.05, 3.63) is 0 Å². The van der Waals surface area contributed by atoms with Gasteiger partial charge < -0.3 is 9.47 Å². The minimum Gasteiger partial charge on any atom is -0.356 e. The van der Waals surface area contributed by atoms with Crippen LogP contribution in [0.3, 0.4) is 0 Å². The van der Waals surface area contributed by atoms with Crippen LogP contribution in [-0.2, 0) is 9.47 Å². The van der Waals surface area contributed by atoms with Crippen LogP contribution in [0.25, 0.3) is 0 Å². The van der Waals surface area contributed by atoms with Crippen LogP contribution in [0.1, 0.15) is 32.6 Å². The van der Waals surface area contributed by atoms with Crippen LogP contribution in [-0.4, -0.2) is 19.5 Å². The van der Waals surface area contributed by atoms with Gasteiger partial charge in [0.2, 0.25) is 0 Å². The molecular weight excluding hydrogens is 152 g/mol. The molecule has 0 spiro atoms. The highest BCUT2D eigenvalue weighted by Gasteiger charge is 2.40. The zero-order valence-corrected chi connectivity index (χ0v) is 7.95. The highest BCUT2D eigenvalue weighted by atomic mass is 16.7. The summed E-state index contributed by atoms with van der Waals surface area (Å²) in [5, 5.41) is 0. The standard InChI is InChI=1S/C10H18O2/c1-7(11-2)12-10-6-8-3-4-9(10)5-8/h7-10H,3-6H2,1-2H3. The van der Waals surface area contributed by atoms with Crippen LogP contribution in [0.2, 0.25) is 0 Å². The van der Waals surface area contributed by atoms with E-state index in [-0.39, 0.29) is 6.29 Å². The summed E-state index contributed by atoms with van der Waals surface area (Å²) in [6.45, 7) is 1.98. The Labute approximate surface area is 74.2 Å². The zero-order chi connectivity index (χ0) is 8.55. The molecule has 2 saturated carbocycles. The quantitative estimate of drug-likeness (QED) is 0.604. The summed E-state index contributed by atoms with van der Waals surface area (Å²) in [5.41, 5.74) is 0. The molecule has 2 aliphatic rings. The molecule has 0 amide bonds. The van der Waals surface area contributed by atoms with Crippen LogP contribution in [0.4, 0.5) is 0 Å². The topological polar surface area (TPSA) is 18.5 Å². The molecule has 0 N–H and O–H groups in total. The second-order valence-electron chi connectivity index (χ2n) is 4.15. The van der Waals surface area contributed by atoms with Gasteiger partial charge >= 0.3 is 0 Å². The van der Waals surface area contributed by atoms with Gasteiger partial charge in [0.05, 0.1) is 6.10 Å². The average molecular weight is 170 g/mol. The molecule has 0 aromatic rings. The van der Waals surface area contributed by atoms with Crippen molar-refractivity contribution in [2.24, 2.45) is 11.8 Å². The normalized spacial score (nSPS) is 42.0. The number of fused-ring (bicyclic) bond motifs is 2. The summed E-state index contributed by atoms with van der Waals surface area (Å²) in [7, 11) is 1.71. The molecule has 2 heteroatoms. The molecular formula is C10H18O2. The van der Waals surface area contributed by atoms with Crippen LogP contribution >= 0.6 is 0 Å². The number of hydrogen-bond acceptors (Lipinski definition) is 2. The first-order valence-electron chi connectivity index (χ1n) is 4.98. The molecule has 0 aromatic carbocycles. The van der Waals surface area contributed by atoms with Crippen molar-refractivity contribution in [3.63, 3.8) is 0 Å². The Balaban J connectivity index is 1.82. The van der Waals surface area contributed by atoms with E-state index in [4.69, 9.17) is 9.47 Å². The summed E-state index contributed by atoms with van der Waals surface area (Å²) in [4.78, 5) is 0. The largest absolute Gasteiger partial charge is 0.356 e. The molecule has 0 radical (unpaired) electrons. The summed E-state index contributed by atoms with van der Waals surface area (Å²) in [6.07, 6.45) is 5.98. The monoisotopic (exact) mass is 170 g/mol. The summed E-state index contributed by atoms with van der Waals surface area (Å²) >= 11 is 0. The van der Waals surface area contributed by atoms with Crippen molar-refractivity contribution >= 4 is 0 Å². The van der Waals surface area contributed by atoms with E-state index < -0.39 is 0 Å². The van der Waals surface area contributed by atoms with Gasteiger partial charge in [0.1, 0.15) is 0 Å². The van der Waals surface area contributed by atoms with Crippen LogP contribution in [0.15, 0.2) is 0 Å². The maximum Gasteiger partial charge on any atom is 0.154 e. The predicted octanol–water partition coefficient (Wildman–Crippen LogP) is 2.18. The summed E-state index contributed by atoms with van der Waals surface area (Å²) < 4.78 is 10.9. The van der Waals surface area contributed by atoms with Gasteiger partial charge in [0, 0.05) is 7.11 Å². The summed E-state index contributed by atoms with van der Waals surface area (Å²) in [6, 6.07) is 0. The van der Waals surface area contributed by atoms with E-state index in [2.05, 4.69) is 0 Å². The highest BCUT2D eigenvalue weighted by Crippen LogP contribution is 2.46. The maximum atomic E-state index is 5.77. The first kappa shape index (κ1) is 8.52. The van der Waals surface area contributed by atoms with Gasteiger partial charge in [-0.15, -0.1) is 0 Å². The van der Waals surface area contributed by atoms with Crippen molar-refractivity contribution in [3.8, 4) is 0 Å². The van der Waals surface area contributed by atoms with Crippen LogP contribution in [0, 0.1) is 11.8 Å². The first-order chi connectivity index (χ1) is 5.79. The molecule has 0 aromatic heterocycles. The molecule has 2 nitrogen and oxygen atoms in total. The number of rotatable bonds is 3. The molecule has 2 aliphatic carbocycles. The third kappa shape index (κ3) is 1.50. The lowest BCUT2D eigenvalue weighted by molar-refractivity contribution is -0.155. The Morgan fingerprint density at radius 3 is 2.58 bits per heavy atom. The van der Waals surface area contributed by atoms with E-state index in [0.717, 1.165) is 11.8 Å². The molecule has 2 bridgehead atoms. The Hall–Kier alpha value is -0.0800. The Morgan fingerprint density at radius 2 is 2.08 bits per heavy atom. The Kier molecular flexibility index (Phi) is 2.37. The second kappa shape index (κ2) is 3.35. The number of hydrogen-bond donors (Lipinski definition) is 0. The highest BCUT2D eigenvalue weighted by molar-refractivity contribution is 4.90. The lowest BCUT2D eigenvalue weighted by Crippen LogP contribution is -2.26. The maximum absolute atomic E-state index is 5.77. The van der Waals surface area contributed by atoms with Gasteiger partial charge in [0.25, 0.3) is 0 Å². The van der Waals surface area contributed by atoms with Gasteiger partial charge in [-0.3, -0.25) is 0 Å². The average Bonchev–Trinajstić information content (AvgIpc) is 2.64. The molecule has 2 fully saturated rings. The van der Waals surface area contributed by atoms with E-state index in [1.54, 1.807) is 7.11 Å². The van der Waals surface area contributed by atoms with Crippen molar-refractivity contribution in [1.82, 2.24) is 0 Å². The molecule has 4 unspecified atom stereocenters. The minimum absolute atomic E-state index is 0.0191. The SMILES string of the molecule is COC(C)OC1CC2CCC1C2. The molecule has 2 rings (SSSR count). The Bertz CT molecular complexity index is 158. The van der Waals surface area contributed by atoms with E-state index in [1.807, 2.05) is 6.92 Å². The fourth-order valence-electron chi connectivity index (χ4n) is 2.65. The van der Waals surface area contributed by atoms with Crippen molar-refractivity contribution < 1.29 is 9.47 Å². The predicted molar refractivity (Wildman–Crippen MR) is 46.8 cm³/mol. The summed E-state index contributed by atoms with van der Waals surface area (Å²) in [5.74, 6) is 1.80. The van der Waals surface area contributed by atoms with Gasteiger partial charge in [-0.25, -0.2) is 0 Å². The smallest absolute Gasteiger partial charge is 0.154 e. The van der Waals surface area contributed by atoms with Crippen LogP contribution < -0.4 is 0 Å². The molecule has 4 atom stereocenters. The lowest BCUT2D eigenvalue weighted by Gasteiger charge is -2.24. The van der Waals surface area contributed by atoms with E-state index in [1.165, 1.54) is 25.7 Å². The van der Waals surface area contributed by atoms with Gasteiger partial charge in [-0.2, -0.15) is 0 Å². The van der Waals surface area contributed by atoms with E-state index in [9.17, 15) is 0 Å². The van der Waals surface area contributed by atoms with E-state index >= 15 is 0 Å². The number of ether oxygens (including phenoxy) is 2. The van der Waals surface area contributed by atoms with Gasteiger partial charge in [-0.05, 0) is 44.4 Å². The molecule has 70 valence electrons. The van der Waals surface area contributed by atoms with Crippen LogP contribution in [0.5, 0.6) is 0 Å². The third-order valence-electron chi connectivity index (χ3n) is 3.37. The fraction of sp³-hybridized carbons (Fsp3) is 1.00. The minimum atomic E-state index is -0.0191. The van der Waals surface area contributed by atoms with Gasteiger partial charge in [0.15, 0.2) is 6.29 Å². The van der Waals surface area contributed by atoms with Crippen molar-refractivity contribution in [1.29, 1.82) is 0 Å². The molecule has 12 heavy (non-hydrogen) atoms. The molecule has 0 saturated heterocycles.